The summed E-state index contributed by atoms with van der Waals surface area (Å²) in [6, 6.07) is 5.10. The van der Waals surface area contributed by atoms with Gasteiger partial charge >= 0.3 is 0 Å². The number of hydrogen-bond donors (Lipinski definition) is 1. The Bertz CT molecular complexity index is 625. The molecule has 1 N–H and O–H groups in total. The highest BCUT2D eigenvalue weighted by Gasteiger charge is 2.22. The highest BCUT2D eigenvalue weighted by molar-refractivity contribution is 9.11. The molecule has 0 saturated carbocycles. The highest BCUT2D eigenvalue weighted by atomic mass is 79.9. The molecule has 0 saturated heterocycles. The van der Waals surface area contributed by atoms with Gasteiger partial charge in [-0.15, -0.1) is 11.3 Å². The lowest BCUT2D eigenvalue weighted by Gasteiger charge is -2.17. The number of benzene rings is 1. The van der Waals surface area contributed by atoms with Crippen molar-refractivity contribution in [2.45, 2.75) is 6.10 Å². The third-order valence-electron chi connectivity index (χ3n) is 2.96. The van der Waals surface area contributed by atoms with Crippen molar-refractivity contribution in [3.05, 3.63) is 37.4 Å². The number of hydrogen-bond acceptors (Lipinski definition) is 5. The van der Waals surface area contributed by atoms with E-state index in [0.29, 0.717) is 32.7 Å². The second kappa shape index (κ2) is 6.87. The van der Waals surface area contributed by atoms with Crippen molar-refractivity contribution in [3.63, 3.8) is 0 Å². The predicted molar refractivity (Wildman–Crippen MR) is 87.2 cm³/mol. The van der Waals surface area contributed by atoms with E-state index in [0.717, 1.165) is 3.79 Å². The molecule has 0 aliphatic carbocycles. The zero-order valence-corrected chi connectivity index (χ0v) is 14.8. The van der Waals surface area contributed by atoms with Gasteiger partial charge in [0.1, 0.15) is 11.9 Å². The van der Waals surface area contributed by atoms with Gasteiger partial charge in [0.15, 0.2) is 11.5 Å². The van der Waals surface area contributed by atoms with E-state index in [1.807, 2.05) is 0 Å². The monoisotopic (exact) mass is 392 g/mol. The molecule has 2 aromatic rings. The minimum atomic E-state index is -0.867. The van der Waals surface area contributed by atoms with Crippen LogP contribution in [0.3, 0.4) is 0 Å². The smallest absolute Gasteiger partial charge is 0.164 e. The van der Waals surface area contributed by atoms with Crippen molar-refractivity contribution in [3.8, 4) is 17.2 Å². The van der Waals surface area contributed by atoms with E-state index in [4.69, 9.17) is 25.8 Å². The van der Waals surface area contributed by atoms with E-state index < -0.39 is 6.10 Å². The Morgan fingerprint density at radius 2 is 1.62 bits per heavy atom. The Hall–Kier alpha value is -0.950. The molecule has 0 bridgehead atoms. The van der Waals surface area contributed by atoms with Gasteiger partial charge in [-0.3, -0.25) is 0 Å². The third-order valence-corrected chi connectivity index (χ3v) is 5.49. The Labute approximate surface area is 140 Å². The fourth-order valence-electron chi connectivity index (χ4n) is 1.92. The molecule has 114 valence electrons. The van der Waals surface area contributed by atoms with Crippen molar-refractivity contribution in [1.29, 1.82) is 0 Å². The van der Waals surface area contributed by atoms with Gasteiger partial charge < -0.3 is 19.3 Å². The van der Waals surface area contributed by atoms with Crippen molar-refractivity contribution < 1.29 is 19.3 Å². The van der Waals surface area contributed by atoms with Gasteiger partial charge in [0, 0.05) is 16.5 Å². The molecule has 1 atom stereocenters. The number of thiophene rings is 1. The largest absolute Gasteiger partial charge is 0.496 e. The molecule has 1 aromatic heterocycles. The first kappa shape index (κ1) is 16.4. The summed E-state index contributed by atoms with van der Waals surface area (Å²) in [5.41, 5.74) is 0.584. The van der Waals surface area contributed by atoms with Crippen LogP contribution in [-0.2, 0) is 0 Å². The van der Waals surface area contributed by atoms with Gasteiger partial charge in [-0.2, -0.15) is 0 Å². The summed E-state index contributed by atoms with van der Waals surface area (Å²) in [6.07, 6.45) is -0.867. The van der Waals surface area contributed by atoms with Gasteiger partial charge in [-0.05, 0) is 28.1 Å². The van der Waals surface area contributed by atoms with Crippen LogP contribution in [-0.4, -0.2) is 26.4 Å². The molecule has 0 aliphatic heterocycles. The molecule has 1 unspecified atom stereocenters. The molecule has 0 spiro atoms. The third kappa shape index (κ3) is 3.29. The van der Waals surface area contributed by atoms with E-state index in [9.17, 15) is 5.11 Å². The summed E-state index contributed by atoms with van der Waals surface area (Å²) in [5, 5.41) is 11.1. The van der Waals surface area contributed by atoms with Gasteiger partial charge in [0.2, 0.25) is 0 Å². The Kier molecular flexibility index (Phi) is 5.37. The van der Waals surface area contributed by atoms with Crippen LogP contribution in [0.2, 0.25) is 5.02 Å². The van der Waals surface area contributed by atoms with Crippen molar-refractivity contribution in [1.82, 2.24) is 0 Å². The average molecular weight is 394 g/mol. The Morgan fingerprint density at radius 1 is 1.05 bits per heavy atom. The van der Waals surface area contributed by atoms with Gasteiger partial charge in [0.25, 0.3) is 0 Å². The summed E-state index contributed by atoms with van der Waals surface area (Å²) >= 11 is 10.7. The SMILES string of the molecule is COc1cc(OC)c(C(O)c2cc(Cl)c(Br)s2)cc1OC. The molecule has 21 heavy (non-hydrogen) atoms. The molecular weight excluding hydrogens is 380 g/mol. The maximum atomic E-state index is 10.6. The van der Waals surface area contributed by atoms with E-state index in [-0.39, 0.29) is 0 Å². The number of aliphatic hydroxyl groups excluding tert-OH is 1. The van der Waals surface area contributed by atoms with Gasteiger partial charge in [0.05, 0.1) is 30.1 Å². The summed E-state index contributed by atoms with van der Waals surface area (Å²) in [5.74, 6) is 1.57. The second-order valence-corrected chi connectivity index (χ2v) is 6.93. The van der Waals surface area contributed by atoms with Crippen LogP contribution in [0.25, 0.3) is 0 Å². The molecule has 1 heterocycles. The first-order valence-corrected chi connectivity index (χ1v) is 7.93. The zero-order chi connectivity index (χ0) is 15.6. The summed E-state index contributed by atoms with van der Waals surface area (Å²) in [7, 11) is 4.62. The van der Waals surface area contributed by atoms with Gasteiger partial charge in [-0.25, -0.2) is 0 Å². The topological polar surface area (TPSA) is 47.9 Å². The first-order valence-electron chi connectivity index (χ1n) is 5.94. The van der Waals surface area contributed by atoms with Crippen molar-refractivity contribution in [2.24, 2.45) is 0 Å². The number of ether oxygens (including phenoxy) is 3. The molecule has 0 fully saturated rings. The maximum Gasteiger partial charge on any atom is 0.164 e. The highest BCUT2D eigenvalue weighted by Crippen LogP contribution is 2.43. The van der Waals surface area contributed by atoms with E-state index in [1.165, 1.54) is 18.4 Å². The van der Waals surface area contributed by atoms with Crippen LogP contribution >= 0.6 is 38.9 Å². The number of halogens is 2. The standard InChI is InChI=1S/C14H14BrClO4S/c1-18-9-6-11(20-3)10(19-2)4-7(9)13(17)12-5-8(16)14(15)21-12/h4-6,13,17H,1-3H3. The van der Waals surface area contributed by atoms with Crippen LogP contribution < -0.4 is 14.2 Å². The molecule has 1 aromatic carbocycles. The molecule has 0 aliphatic rings. The number of methoxy groups -OCH3 is 3. The molecule has 7 heteroatoms. The normalized spacial score (nSPS) is 12.1. The average Bonchev–Trinajstić information content (AvgIpc) is 2.84. The molecule has 0 radical (unpaired) electrons. The van der Waals surface area contributed by atoms with Crippen LogP contribution in [0.4, 0.5) is 0 Å². The number of aliphatic hydroxyl groups is 1. The first-order chi connectivity index (χ1) is 10.0. The minimum absolute atomic E-state index is 0.515. The molecule has 2 rings (SSSR count). The van der Waals surface area contributed by atoms with Crippen molar-refractivity contribution >= 4 is 38.9 Å². The lowest BCUT2D eigenvalue weighted by atomic mass is 10.1. The summed E-state index contributed by atoms with van der Waals surface area (Å²) < 4.78 is 16.6. The summed E-state index contributed by atoms with van der Waals surface area (Å²) in [4.78, 5) is 0.706. The lowest BCUT2D eigenvalue weighted by Crippen LogP contribution is -2.02. The minimum Gasteiger partial charge on any atom is -0.496 e. The molecule has 4 nitrogen and oxygen atoms in total. The lowest BCUT2D eigenvalue weighted by molar-refractivity contribution is 0.217. The predicted octanol–water partition coefficient (Wildman–Crippen LogP) is 4.27. The summed E-state index contributed by atoms with van der Waals surface area (Å²) in [6.45, 7) is 0. The fraction of sp³-hybridized carbons (Fsp3) is 0.286. The Balaban J connectivity index is 2.50. The zero-order valence-electron chi connectivity index (χ0n) is 11.6. The second-order valence-electron chi connectivity index (χ2n) is 4.12. The fourth-order valence-corrected chi connectivity index (χ4v) is 3.67. The molecular formula is C14H14BrClO4S. The van der Waals surface area contributed by atoms with Crippen LogP contribution in [0.15, 0.2) is 22.0 Å². The van der Waals surface area contributed by atoms with Crippen molar-refractivity contribution in [2.75, 3.05) is 21.3 Å². The van der Waals surface area contributed by atoms with E-state index in [1.54, 1.807) is 32.4 Å². The maximum absolute atomic E-state index is 10.6. The molecule has 0 amide bonds. The van der Waals surface area contributed by atoms with E-state index >= 15 is 0 Å². The number of rotatable bonds is 5. The quantitative estimate of drug-likeness (QED) is 0.824. The van der Waals surface area contributed by atoms with Gasteiger partial charge in [-0.1, -0.05) is 11.6 Å². The van der Waals surface area contributed by atoms with Crippen LogP contribution in [0.5, 0.6) is 17.2 Å². The van der Waals surface area contributed by atoms with E-state index in [2.05, 4.69) is 15.9 Å². The van der Waals surface area contributed by atoms with Crippen LogP contribution in [0, 0.1) is 0 Å². The Morgan fingerprint density at radius 3 is 2.10 bits per heavy atom. The van der Waals surface area contributed by atoms with Crippen LogP contribution in [0.1, 0.15) is 16.5 Å².